The maximum Gasteiger partial charge on any atom is 0.198 e. The second-order valence-corrected chi connectivity index (χ2v) is 20.9. The largest absolute Gasteiger partial charge is 0.207 e. The molecule has 7 aromatic rings. The number of benzene rings is 7. The summed E-state index contributed by atoms with van der Waals surface area (Å²) in [6.07, 6.45) is -6.24. The second kappa shape index (κ2) is 25.3. The van der Waals surface area contributed by atoms with Gasteiger partial charge in [-0.1, -0.05) is 46.4 Å². The molecule has 4 nitrogen and oxygen atoms in total. The molecule has 0 spiro atoms. The zero-order chi connectivity index (χ0) is 55.2. The van der Waals surface area contributed by atoms with Crippen molar-refractivity contribution in [1.29, 1.82) is 0 Å². The average Bonchev–Trinajstić information content (AvgIpc) is 3.41. The predicted molar refractivity (Wildman–Crippen MR) is 252 cm³/mol. The average molecular weight is 1220 g/mol. The van der Waals surface area contributed by atoms with Gasteiger partial charge in [0.2, 0.25) is 0 Å². The Hall–Kier alpha value is -5.16. The van der Waals surface area contributed by atoms with Crippen molar-refractivity contribution in [3.05, 3.63) is 198 Å². The molecule has 0 radical (unpaired) electrons. The minimum Gasteiger partial charge on any atom is -0.207 e. The molecule has 0 saturated carbocycles. The number of hydrogen-bond donors (Lipinski definition) is 0. The van der Waals surface area contributed by atoms with E-state index in [-0.39, 0.29) is 0 Å². The third-order valence-corrected chi connectivity index (χ3v) is 17.3. The van der Waals surface area contributed by atoms with Gasteiger partial charge in [0.25, 0.3) is 0 Å². The Morgan fingerprint density at radius 1 is 0.347 bits per heavy atom. The molecule has 398 valence electrons. The van der Waals surface area contributed by atoms with E-state index in [9.17, 15) is 52.7 Å². The number of methoxy groups -OCH3 is 1. The van der Waals surface area contributed by atoms with E-state index in [0.29, 0.717) is 39.6 Å². The molecule has 7 rings (SSSR count). The van der Waals surface area contributed by atoms with Crippen LogP contribution in [0.5, 0.6) is 5.75 Å². The minimum absolute atomic E-state index is 0.511. The first-order chi connectivity index (χ1) is 35.6. The van der Waals surface area contributed by atoms with Crippen LogP contribution >= 0.6 is 46.4 Å². The summed E-state index contributed by atoms with van der Waals surface area (Å²) in [5.74, 6) is -47.4. The maximum atomic E-state index is 15.8. The van der Waals surface area contributed by atoms with E-state index in [1.165, 1.54) is 13.4 Å². The van der Waals surface area contributed by atoms with Crippen molar-refractivity contribution in [2.45, 2.75) is 0 Å². The molecular formula is C49H29BCl4F16O4Se. The molecule has 75 heavy (non-hydrogen) atoms. The number of halogens is 20. The first-order valence-corrected chi connectivity index (χ1v) is 25.1. The van der Waals surface area contributed by atoms with Gasteiger partial charge in [-0.25, -0.2) is 70.2 Å². The topological polar surface area (TPSA) is 36.9 Å². The van der Waals surface area contributed by atoms with Crippen LogP contribution in [0.15, 0.2) is 84.9 Å². The molecule has 26 heteroatoms. The Labute approximate surface area is 439 Å². The SMILES string of the molecule is COCCOCCOCCOc1ccccc1[Se+](c1ccccc1)c1ccccc1.Fc1c(F)c(F)c([B-](c2c(F)c(F)c(F)c(F)c2Cl)(c2c(F)c(F)c(F)c(F)c2Cl)c2c(F)c(F)c(F)c(F)c2Cl)c(Cl)c1F. The van der Waals surface area contributed by atoms with E-state index in [4.69, 9.17) is 65.4 Å². The zero-order valence-electron chi connectivity index (χ0n) is 37.5. The molecule has 0 aliphatic heterocycles. The third-order valence-electron chi connectivity index (χ3n) is 11.0. The van der Waals surface area contributed by atoms with Crippen LogP contribution < -0.4 is 40.0 Å². The van der Waals surface area contributed by atoms with E-state index < -0.39 is 155 Å². The standard InChI is InChI=1S/C25H29O4Se.C24BCl4F16/c1-26-16-17-27-18-19-28-20-21-29-24-14-8-9-15-25(24)30(22-10-4-2-5-11-22)23-12-6-3-7-13-23;26-5-1(9(30)17(38)21(42)13(5)34)25(2-6(27)14(35)22(43)18(39)10(2)31,3-7(28)15(36)23(44)19(40)11(3)32)4-8(29)16(37)24(45)20(41)12(4)33/h2-15H,16-21H2,1H3;/q+1;-1. The molecule has 0 aromatic heterocycles. The summed E-state index contributed by atoms with van der Waals surface area (Å²) >= 11 is 20.8. The Morgan fingerprint density at radius 3 is 0.960 bits per heavy atom. The smallest absolute Gasteiger partial charge is 0.198 e. The van der Waals surface area contributed by atoms with E-state index in [1.54, 1.807) is 7.11 Å². The van der Waals surface area contributed by atoms with Crippen molar-refractivity contribution in [3.8, 4) is 5.75 Å². The van der Waals surface area contributed by atoms with Gasteiger partial charge in [-0.2, -0.15) is 0 Å². The molecule has 0 fully saturated rings. The van der Waals surface area contributed by atoms with Gasteiger partial charge in [0.05, 0.1) is 0 Å². The fourth-order valence-electron chi connectivity index (χ4n) is 7.79. The van der Waals surface area contributed by atoms with Gasteiger partial charge in [-0.05, 0) is 0 Å². The number of ether oxygens (including phenoxy) is 4. The van der Waals surface area contributed by atoms with E-state index in [0.717, 1.165) is 5.75 Å². The number of rotatable bonds is 17. The molecule has 0 amide bonds. The molecule has 0 heterocycles. The van der Waals surface area contributed by atoms with Gasteiger partial charge < -0.3 is 0 Å². The van der Waals surface area contributed by atoms with Gasteiger partial charge in [-0.15, -0.1) is 21.9 Å². The van der Waals surface area contributed by atoms with Gasteiger partial charge >= 0.3 is 177 Å². The number of para-hydroxylation sites is 1. The summed E-state index contributed by atoms with van der Waals surface area (Å²) in [7, 11) is 1.66. The summed E-state index contributed by atoms with van der Waals surface area (Å²) in [4.78, 5) is 0. The van der Waals surface area contributed by atoms with Crippen molar-refractivity contribution in [1.82, 2.24) is 0 Å². The normalized spacial score (nSPS) is 11.6. The first kappa shape index (κ1) is 59.1. The van der Waals surface area contributed by atoms with Gasteiger partial charge in [0.1, 0.15) is 29.4 Å². The van der Waals surface area contributed by atoms with Crippen molar-refractivity contribution >= 4 is 102 Å². The van der Waals surface area contributed by atoms with Crippen LogP contribution in [0.1, 0.15) is 0 Å². The summed E-state index contributed by atoms with van der Waals surface area (Å²) in [5.41, 5.74) is -10.7. The second-order valence-electron chi connectivity index (χ2n) is 15.2. The summed E-state index contributed by atoms with van der Waals surface area (Å²) in [6, 6.07) is 29.9. The van der Waals surface area contributed by atoms with Crippen molar-refractivity contribution in [2.24, 2.45) is 0 Å². The Morgan fingerprint density at radius 2 is 0.627 bits per heavy atom. The van der Waals surface area contributed by atoms with Crippen molar-refractivity contribution in [2.75, 3.05) is 46.8 Å². The van der Waals surface area contributed by atoms with Crippen LogP contribution in [0.3, 0.4) is 0 Å². The molecule has 0 unspecified atom stereocenters. The van der Waals surface area contributed by atoms with Crippen molar-refractivity contribution in [3.63, 3.8) is 0 Å². The van der Waals surface area contributed by atoms with Crippen LogP contribution in [0.4, 0.5) is 70.2 Å². The van der Waals surface area contributed by atoms with Crippen LogP contribution in [0.2, 0.25) is 20.1 Å². The molecule has 0 aliphatic carbocycles. The molecule has 0 atom stereocenters. The maximum absolute atomic E-state index is 15.8. The summed E-state index contributed by atoms with van der Waals surface area (Å²) < 4.78 is 264. The van der Waals surface area contributed by atoms with E-state index in [2.05, 4.69) is 78.9 Å². The fourth-order valence-corrected chi connectivity index (χ4v) is 13.7. The molecule has 0 bridgehead atoms. The van der Waals surface area contributed by atoms with Crippen LogP contribution in [-0.4, -0.2) is 66.8 Å². The molecule has 0 saturated heterocycles. The van der Waals surface area contributed by atoms with E-state index in [1.807, 2.05) is 6.07 Å². The Balaban J connectivity index is 0.000000264. The number of hydrogen-bond acceptors (Lipinski definition) is 4. The monoisotopic (exact) mass is 1220 g/mol. The Bertz CT molecular complexity index is 2800. The molecule has 0 aliphatic rings. The quantitative estimate of drug-likeness (QED) is 0.0300. The van der Waals surface area contributed by atoms with Crippen LogP contribution in [0, 0.1) is 93.1 Å². The van der Waals surface area contributed by atoms with Crippen molar-refractivity contribution < 1.29 is 89.2 Å². The van der Waals surface area contributed by atoms with Crippen LogP contribution in [0.25, 0.3) is 0 Å². The van der Waals surface area contributed by atoms with E-state index >= 15 is 17.6 Å². The molecule has 0 N–H and O–H groups in total. The van der Waals surface area contributed by atoms with Gasteiger partial charge in [-0.3, -0.25) is 0 Å². The summed E-state index contributed by atoms with van der Waals surface area (Å²) in [6.45, 7) is 3.36. The zero-order valence-corrected chi connectivity index (χ0v) is 42.2. The molecular weight excluding hydrogens is 1190 g/mol. The fraction of sp³-hybridized carbons (Fsp3) is 0.143. The molecule has 7 aromatic carbocycles. The predicted octanol–water partition coefficient (Wildman–Crippen LogP) is 10.2. The first-order valence-electron chi connectivity index (χ1n) is 21.0. The van der Waals surface area contributed by atoms with Crippen LogP contribution in [-0.2, 0) is 14.2 Å². The third kappa shape index (κ3) is 11.3. The Kier molecular flexibility index (Phi) is 20.0. The van der Waals surface area contributed by atoms with Gasteiger partial charge in [0.15, 0.2) is 69.8 Å². The van der Waals surface area contributed by atoms with Gasteiger partial charge in [0, 0.05) is 27.2 Å². The minimum atomic E-state index is -6.24. The summed E-state index contributed by atoms with van der Waals surface area (Å²) in [5, 5.41) is -9.69.